The van der Waals surface area contributed by atoms with E-state index in [4.69, 9.17) is 11.6 Å². The van der Waals surface area contributed by atoms with Crippen LogP contribution in [0.4, 0.5) is 4.39 Å². The maximum Gasteiger partial charge on any atom is 0.243 e. The third-order valence-corrected chi connectivity index (χ3v) is 7.44. The number of amides is 1. The van der Waals surface area contributed by atoms with Crippen molar-refractivity contribution < 1.29 is 17.6 Å². The molecule has 4 rings (SSSR count). The monoisotopic (exact) mass is 422 g/mol. The van der Waals surface area contributed by atoms with Gasteiger partial charge in [0.1, 0.15) is 12.2 Å². The Morgan fingerprint density at radius 2 is 1.86 bits per heavy atom. The Morgan fingerprint density at radius 1 is 1.11 bits per heavy atom. The molecule has 0 aliphatic carbocycles. The summed E-state index contributed by atoms with van der Waals surface area (Å²) in [7, 11) is -4.03. The van der Waals surface area contributed by atoms with Crippen molar-refractivity contribution in [2.45, 2.75) is 36.5 Å². The predicted molar refractivity (Wildman–Crippen MR) is 104 cm³/mol. The van der Waals surface area contributed by atoms with Gasteiger partial charge in [0.05, 0.1) is 4.90 Å². The number of sulfonamides is 1. The second-order valence-electron chi connectivity index (χ2n) is 7.16. The van der Waals surface area contributed by atoms with E-state index in [1.807, 2.05) is 24.3 Å². The molecule has 1 saturated heterocycles. The van der Waals surface area contributed by atoms with Crippen LogP contribution in [0.15, 0.2) is 53.4 Å². The molecule has 1 amide bonds. The second kappa shape index (κ2) is 7.46. The van der Waals surface area contributed by atoms with Gasteiger partial charge in [-0.1, -0.05) is 41.9 Å². The summed E-state index contributed by atoms with van der Waals surface area (Å²) < 4.78 is 41.3. The van der Waals surface area contributed by atoms with Crippen LogP contribution in [0.2, 0.25) is 5.02 Å². The van der Waals surface area contributed by atoms with Gasteiger partial charge in [-0.05, 0) is 35.7 Å². The first-order chi connectivity index (χ1) is 13.4. The number of alkyl halides is 1. The van der Waals surface area contributed by atoms with Crippen LogP contribution in [-0.2, 0) is 27.8 Å². The van der Waals surface area contributed by atoms with E-state index in [2.05, 4.69) is 0 Å². The van der Waals surface area contributed by atoms with Crippen molar-refractivity contribution >= 4 is 27.5 Å². The van der Waals surface area contributed by atoms with E-state index in [1.165, 1.54) is 23.8 Å². The Labute approximate surface area is 168 Å². The van der Waals surface area contributed by atoms with Crippen LogP contribution < -0.4 is 0 Å². The second-order valence-corrected chi connectivity index (χ2v) is 9.49. The lowest BCUT2D eigenvalue weighted by Gasteiger charge is -2.33. The first kappa shape index (κ1) is 19.4. The van der Waals surface area contributed by atoms with Crippen LogP contribution >= 0.6 is 11.6 Å². The molecule has 0 N–H and O–H groups in total. The molecule has 2 aromatic carbocycles. The number of hydrogen-bond acceptors (Lipinski definition) is 3. The Hall–Kier alpha value is -1.96. The molecule has 0 aromatic heterocycles. The quantitative estimate of drug-likeness (QED) is 0.764. The molecule has 2 aliphatic rings. The molecule has 5 nitrogen and oxygen atoms in total. The fourth-order valence-electron chi connectivity index (χ4n) is 3.90. The largest absolute Gasteiger partial charge is 0.337 e. The molecule has 28 heavy (non-hydrogen) atoms. The standard InChI is InChI=1S/C20H20ClFN2O3S/c21-16-6-3-7-18(10-16)28(26,27)24-13-17(22)11-19(24)20(25)23-9-8-14-4-1-2-5-15(14)12-23/h1-7,10,17,19H,8-9,11-13H2/t17-,19-/m0/s1. The Balaban J connectivity index is 1.60. The smallest absolute Gasteiger partial charge is 0.243 e. The highest BCUT2D eigenvalue weighted by atomic mass is 35.5. The zero-order valence-electron chi connectivity index (χ0n) is 15.1. The van der Waals surface area contributed by atoms with Gasteiger partial charge >= 0.3 is 0 Å². The summed E-state index contributed by atoms with van der Waals surface area (Å²) >= 11 is 5.92. The third-order valence-electron chi connectivity index (χ3n) is 5.33. The number of hydrogen-bond donors (Lipinski definition) is 0. The Kier molecular flexibility index (Phi) is 5.16. The highest BCUT2D eigenvalue weighted by molar-refractivity contribution is 7.89. The fraction of sp³-hybridized carbons (Fsp3) is 0.350. The summed E-state index contributed by atoms with van der Waals surface area (Å²) in [5.41, 5.74) is 2.23. The van der Waals surface area contributed by atoms with E-state index in [0.717, 1.165) is 9.87 Å². The van der Waals surface area contributed by atoms with E-state index >= 15 is 0 Å². The molecule has 1 fully saturated rings. The van der Waals surface area contributed by atoms with Gasteiger partial charge in [-0.15, -0.1) is 0 Å². The topological polar surface area (TPSA) is 57.7 Å². The fourth-order valence-corrected chi connectivity index (χ4v) is 5.83. The maximum absolute atomic E-state index is 14.2. The number of benzene rings is 2. The molecular weight excluding hydrogens is 403 g/mol. The maximum atomic E-state index is 14.2. The average molecular weight is 423 g/mol. The molecule has 148 valence electrons. The zero-order chi connectivity index (χ0) is 19.9. The average Bonchev–Trinajstić information content (AvgIpc) is 3.09. The predicted octanol–water partition coefficient (Wildman–Crippen LogP) is 3.03. The SMILES string of the molecule is O=C([C@@H]1C[C@H](F)CN1S(=O)(=O)c1cccc(Cl)c1)N1CCc2ccccc2C1. The van der Waals surface area contributed by atoms with E-state index in [-0.39, 0.29) is 28.8 Å². The van der Waals surface area contributed by atoms with Gasteiger partial charge in [0.2, 0.25) is 15.9 Å². The lowest BCUT2D eigenvalue weighted by molar-refractivity contribution is -0.135. The van der Waals surface area contributed by atoms with Crippen molar-refractivity contribution in [2.24, 2.45) is 0 Å². The summed E-state index contributed by atoms with van der Waals surface area (Å²) in [6.45, 7) is 0.581. The molecule has 2 aliphatic heterocycles. The first-order valence-corrected chi connectivity index (χ1v) is 10.9. The molecule has 2 atom stereocenters. The van der Waals surface area contributed by atoms with Gasteiger partial charge in [-0.3, -0.25) is 4.79 Å². The van der Waals surface area contributed by atoms with Crippen molar-refractivity contribution in [2.75, 3.05) is 13.1 Å². The summed E-state index contributed by atoms with van der Waals surface area (Å²) in [5.74, 6) is -0.347. The van der Waals surface area contributed by atoms with Crippen molar-refractivity contribution in [3.63, 3.8) is 0 Å². The summed E-state index contributed by atoms with van der Waals surface area (Å²) in [5, 5.41) is 0.271. The minimum Gasteiger partial charge on any atom is -0.337 e. The van der Waals surface area contributed by atoms with Gasteiger partial charge < -0.3 is 4.90 Å². The van der Waals surface area contributed by atoms with Crippen molar-refractivity contribution in [1.82, 2.24) is 9.21 Å². The Morgan fingerprint density at radius 3 is 2.61 bits per heavy atom. The zero-order valence-corrected chi connectivity index (χ0v) is 16.7. The highest BCUT2D eigenvalue weighted by Crippen LogP contribution is 2.31. The van der Waals surface area contributed by atoms with Gasteiger partial charge in [0.25, 0.3) is 0 Å². The lowest BCUT2D eigenvalue weighted by atomic mass is 9.99. The van der Waals surface area contributed by atoms with Gasteiger partial charge in [-0.2, -0.15) is 4.31 Å². The summed E-state index contributed by atoms with van der Waals surface area (Å²) in [6.07, 6.45) is -0.800. The lowest BCUT2D eigenvalue weighted by Crippen LogP contribution is -2.49. The van der Waals surface area contributed by atoms with Crippen LogP contribution in [0, 0.1) is 0 Å². The van der Waals surface area contributed by atoms with Gasteiger partial charge in [-0.25, -0.2) is 12.8 Å². The number of fused-ring (bicyclic) bond motifs is 1. The minimum atomic E-state index is -4.03. The third kappa shape index (κ3) is 3.54. The van der Waals surface area contributed by atoms with E-state index < -0.39 is 22.2 Å². The van der Waals surface area contributed by atoms with Gasteiger partial charge in [0, 0.05) is 31.1 Å². The molecule has 0 unspecified atom stereocenters. The Bertz CT molecular complexity index is 1010. The van der Waals surface area contributed by atoms with Crippen LogP contribution in [-0.4, -0.2) is 48.8 Å². The van der Waals surface area contributed by atoms with Crippen molar-refractivity contribution in [3.8, 4) is 0 Å². The molecule has 2 heterocycles. The molecular formula is C20H20ClFN2O3S. The highest BCUT2D eigenvalue weighted by Gasteiger charge is 2.45. The number of rotatable bonds is 3. The number of nitrogens with zero attached hydrogens (tertiary/aromatic N) is 2. The van der Waals surface area contributed by atoms with E-state index in [1.54, 1.807) is 11.0 Å². The molecule has 0 bridgehead atoms. The van der Waals surface area contributed by atoms with Crippen LogP contribution in [0.5, 0.6) is 0 Å². The van der Waals surface area contributed by atoms with Gasteiger partial charge in [0.15, 0.2) is 0 Å². The van der Waals surface area contributed by atoms with Crippen LogP contribution in [0.3, 0.4) is 0 Å². The normalized spacial score (nSPS) is 22.9. The first-order valence-electron chi connectivity index (χ1n) is 9.13. The molecule has 2 aromatic rings. The van der Waals surface area contributed by atoms with Crippen molar-refractivity contribution in [3.05, 3.63) is 64.7 Å². The van der Waals surface area contributed by atoms with Crippen LogP contribution in [0.1, 0.15) is 17.5 Å². The minimum absolute atomic E-state index is 0.0316. The molecule has 0 saturated carbocycles. The van der Waals surface area contributed by atoms with Crippen LogP contribution in [0.25, 0.3) is 0 Å². The summed E-state index contributed by atoms with van der Waals surface area (Å²) in [6, 6.07) is 12.6. The number of carbonyl (C=O) groups is 1. The molecule has 0 radical (unpaired) electrons. The van der Waals surface area contributed by atoms with E-state index in [0.29, 0.717) is 19.5 Å². The molecule has 0 spiro atoms. The van der Waals surface area contributed by atoms with Crippen molar-refractivity contribution in [1.29, 1.82) is 0 Å². The summed E-state index contributed by atoms with van der Waals surface area (Å²) in [4.78, 5) is 14.7. The van der Waals surface area contributed by atoms with E-state index in [9.17, 15) is 17.6 Å². The molecule has 8 heteroatoms. The number of carbonyl (C=O) groups excluding carboxylic acids is 1. The number of halogens is 2.